The van der Waals surface area contributed by atoms with Gasteiger partial charge < -0.3 is 10.0 Å². The van der Waals surface area contributed by atoms with Gasteiger partial charge in [0, 0.05) is 16.8 Å². The highest BCUT2D eigenvalue weighted by atomic mass is 35.5. The van der Waals surface area contributed by atoms with Crippen molar-refractivity contribution in [3.8, 4) is 0 Å². The number of ketones is 1. The van der Waals surface area contributed by atoms with Crippen molar-refractivity contribution in [2.75, 3.05) is 0 Å². The minimum absolute atomic E-state index is 0.0486. The Morgan fingerprint density at radius 2 is 1.83 bits per heavy atom. The van der Waals surface area contributed by atoms with E-state index in [0.29, 0.717) is 16.3 Å². The van der Waals surface area contributed by atoms with Crippen LogP contribution in [0.2, 0.25) is 5.02 Å². The highest BCUT2D eigenvalue weighted by Gasteiger charge is 2.46. The summed E-state index contributed by atoms with van der Waals surface area (Å²) in [6.45, 7) is 2.06. The summed E-state index contributed by atoms with van der Waals surface area (Å²) >= 11 is 6.07. The number of aliphatic hydroxyl groups excluding tert-OH is 1. The van der Waals surface area contributed by atoms with Crippen molar-refractivity contribution in [3.63, 3.8) is 0 Å². The molecule has 0 saturated carbocycles. The van der Waals surface area contributed by atoms with Crippen LogP contribution in [-0.2, 0) is 16.1 Å². The van der Waals surface area contributed by atoms with E-state index in [0.717, 1.165) is 11.1 Å². The van der Waals surface area contributed by atoms with Gasteiger partial charge in [0.2, 0.25) is 0 Å². The molecular formula is C24H19ClN2O3. The molecule has 1 aliphatic rings. The lowest BCUT2D eigenvalue weighted by atomic mass is 9.92. The molecule has 1 N–H and O–H groups in total. The molecule has 0 radical (unpaired) electrons. The molecular weight excluding hydrogens is 400 g/mol. The number of hydrogen-bond donors (Lipinski definition) is 1. The number of Topliss-reactive ketones (excluding diaryl/α,β-unsaturated/α-hetero) is 1. The molecule has 30 heavy (non-hydrogen) atoms. The predicted molar refractivity (Wildman–Crippen MR) is 115 cm³/mol. The summed E-state index contributed by atoms with van der Waals surface area (Å²) in [6, 6.07) is 18.8. The Balaban J connectivity index is 1.90. The number of hydrogen-bond acceptors (Lipinski definition) is 4. The standard InChI is InChI=1S/C24H19ClN2O3/c1-15-7-2-3-11-19(15)21-20(22(28)16-8-6-9-17(25)13-16)23(29)24(30)27(21)14-18-10-4-5-12-26-18/h2-13,21,28H,14H2,1H3/b22-20+. The van der Waals surface area contributed by atoms with Crippen LogP contribution in [0.5, 0.6) is 0 Å². The Hall–Kier alpha value is -3.44. The molecule has 150 valence electrons. The van der Waals surface area contributed by atoms with Crippen LogP contribution in [0, 0.1) is 6.92 Å². The maximum Gasteiger partial charge on any atom is 0.296 e. The molecule has 2 aromatic carbocycles. The van der Waals surface area contributed by atoms with E-state index in [1.807, 2.05) is 37.3 Å². The van der Waals surface area contributed by atoms with Gasteiger partial charge in [-0.25, -0.2) is 0 Å². The number of nitrogens with zero attached hydrogens (tertiary/aromatic N) is 2. The second kappa shape index (κ2) is 8.13. The largest absolute Gasteiger partial charge is 0.507 e. The van der Waals surface area contributed by atoms with Gasteiger partial charge in [0.15, 0.2) is 0 Å². The van der Waals surface area contributed by atoms with Crippen LogP contribution in [0.1, 0.15) is 28.4 Å². The SMILES string of the molecule is Cc1ccccc1C1/C(=C(\O)c2cccc(Cl)c2)C(=O)C(=O)N1Cc1ccccn1. The van der Waals surface area contributed by atoms with Crippen LogP contribution in [0.4, 0.5) is 0 Å². The number of pyridine rings is 1. The number of carbonyl (C=O) groups is 2. The Labute approximate surface area is 179 Å². The lowest BCUT2D eigenvalue weighted by molar-refractivity contribution is -0.140. The quantitative estimate of drug-likeness (QED) is 0.380. The first-order valence-corrected chi connectivity index (χ1v) is 9.85. The number of aryl methyl sites for hydroxylation is 1. The third-order valence-electron chi connectivity index (χ3n) is 5.18. The van der Waals surface area contributed by atoms with E-state index in [9.17, 15) is 14.7 Å². The zero-order valence-electron chi connectivity index (χ0n) is 16.2. The number of benzene rings is 2. The molecule has 2 heterocycles. The third kappa shape index (κ3) is 3.60. The molecule has 0 spiro atoms. The number of carbonyl (C=O) groups excluding carboxylic acids is 2. The number of aliphatic hydroxyl groups is 1. The van der Waals surface area contributed by atoms with E-state index in [1.165, 1.54) is 4.90 Å². The zero-order valence-corrected chi connectivity index (χ0v) is 17.0. The van der Waals surface area contributed by atoms with E-state index >= 15 is 0 Å². The third-order valence-corrected chi connectivity index (χ3v) is 5.41. The maximum absolute atomic E-state index is 13.0. The Kier molecular flexibility index (Phi) is 5.38. The van der Waals surface area contributed by atoms with Crippen molar-refractivity contribution in [3.05, 3.63) is 106 Å². The number of amides is 1. The molecule has 1 aliphatic heterocycles. The average Bonchev–Trinajstić information content (AvgIpc) is 2.99. The monoisotopic (exact) mass is 418 g/mol. The number of aromatic nitrogens is 1. The highest BCUT2D eigenvalue weighted by molar-refractivity contribution is 6.46. The maximum atomic E-state index is 13.0. The van der Waals surface area contributed by atoms with Gasteiger partial charge >= 0.3 is 0 Å². The van der Waals surface area contributed by atoms with Crippen molar-refractivity contribution >= 4 is 29.1 Å². The Bertz CT molecular complexity index is 1160. The summed E-state index contributed by atoms with van der Waals surface area (Å²) in [4.78, 5) is 31.8. The van der Waals surface area contributed by atoms with Gasteiger partial charge in [0.25, 0.3) is 11.7 Å². The Morgan fingerprint density at radius 3 is 2.53 bits per heavy atom. The van der Waals surface area contributed by atoms with Crippen LogP contribution < -0.4 is 0 Å². The van der Waals surface area contributed by atoms with E-state index in [2.05, 4.69) is 4.98 Å². The smallest absolute Gasteiger partial charge is 0.296 e. The highest BCUT2D eigenvalue weighted by Crippen LogP contribution is 2.41. The Morgan fingerprint density at radius 1 is 1.07 bits per heavy atom. The summed E-state index contributed by atoms with van der Waals surface area (Å²) in [5, 5.41) is 11.5. The summed E-state index contributed by atoms with van der Waals surface area (Å²) in [6.07, 6.45) is 1.64. The van der Waals surface area contributed by atoms with Crippen molar-refractivity contribution < 1.29 is 14.7 Å². The second-order valence-electron chi connectivity index (χ2n) is 7.12. The molecule has 1 saturated heterocycles. The van der Waals surface area contributed by atoms with Crippen LogP contribution in [0.25, 0.3) is 5.76 Å². The molecule has 1 unspecified atom stereocenters. The molecule has 5 nitrogen and oxygen atoms in total. The molecule has 1 amide bonds. The van der Waals surface area contributed by atoms with Gasteiger partial charge in [0.1, 0.15) is 5.76 Å². The van der Waals surface area contributed by atoms with Gasteiger partial charge in [-0.05, 0) is 42.3 Å². The van der Waals surface area contributed by atoms with Gasteiger partial charge in [-0.1, -0.05) is 54.1 Å². The number of rotatable bonds is 4. The van der Waals surface area contributed by atoms with Crippen LogP contribution in [0.3, 0.4) is 0 Å². The lowest BCUT2D eigenvalue weighted by Gasteiger charge is -2.26. The minimum Gasteiger partial charge on any atom is -0.507 e. The number of likely N-dealkylation sites (tertiary alicyclic amines) is 1. The van der Waals surface area contributed by atoms with Gasteiger partial charge in [-0.3, -0.25) is 14.6 Å². The van der Waals surface area contributed by atoms with Crippen LogP contribution >= 0.6 is 11.6 Å². The molecule has 1 fully saturated rings. The van der Waals surface area contributed by atoms with Gasteiger partial charge in [-0.2, -0.15) is 0 Å². The first kappa shape index (κ1) is 19.9. The van der Waals surface area contributed by atoms with E-state index in [-0.39, 0.29) is 17.9 Å². The molecule has 6 heteroatoms. The van der Waals surface area contributed by atoms with E-state index in [4.69, 9.17) is 11.6 Å². The normalized spacial score (nSPS) is 18.1. The molecule has 4 rings (SSSR count). The average molecular weight is 419 g/mol. The first-order valence-electron chi connectivity index (χ1n) is 9.47. The first-order chi connectivity index (χ1) is 14.5. The predicted octanol–water partition coefficient (Wildman–Crippen LogP) is 4.67. The zero-order chi connectivity index (χ0) is 21.3. The summed E-state index contributed by atoms with van der Waals surface area (Å²) in [5.74, 6) is -1.64. The van der Waals surface area contributed by atoms with Crippen molar-refractivity contribution in [1.29, 1.82) is 0 Å². The fraction of sp³-hybridized carbons (Fsp3) is 0.125. The molecule has 1 atom stereocenters. The molecule has 0 bridgehead atoms. The fourth-order valence-corrected chi connectivity index (χ4v) is 3.91. The lowest BCUT2D eigenvalue weighted by Crippen LogP contribution is -2.29. The summed E-state index contributed by atoms with van der Waals surface area (Å²) < 4.78 is 0. The van der Waals surface area contributed by atoms with E-state index < -0.39 is 17.7 Å². The van der Waals surface area contributed by atoms with Gasteiger partial charge in [0.05, 0.1) is 23.9 Å². The molecule has 3 aromatic rings. The topological polar surface area (TPSA) is 70.5 Å². The second-order valence-corrected chi connectivity index (χ2v) is 7.55. The van der Waals surface area contributed by atoms with Crippen LogP contribution in [-0.4, -0.2) is 26.7 Å². The van der Waals surface area contributed by atoms with Crippen LogP contribution in [0.15, 0.2) is 78.5 Å². The minimum atomic E-state index is -0.729. The van der Waals surface area contributed by atoms with Crippen molar-refractivity contribution in [2.45, 2.75) is 19.5 Å². The molecule has 0 aliphatic carbocycles. The van der Waals surface area contributed by atoms with Crippen molar-refractivity contribution in [1.82, 2.24) is 9.88 Å². The fourth-order valence-electron chi connectivity index (χ4n) is 3.72. The van der Waals surface area contributed by atoms with Crippen molar-refractivity contribution in [2.24, 2.45) is 0 Å². The van der Waals surface area contributed by atoms with Gasteiger partial charge in [-0.15, -0.1) is 0 Å². The number of halogens is 1. The summed E-state index contributed by atoms with van der Waals surface area (Å²) in [5.41, 5.74) is 2.77. The van der Waals surface area contributed by atoms with E-state index in [1.54, 1.807) is 42.6 Å². The molecule has 1 aromatic heterocycles. The summed E-state index contributed by atoms with van der Waals surface area (Å²) in [7, 11) is 0.